The molecule has 0 aromatic rings. The predicted molar refractivity (Wildman–Crippen MR) is 51.6 cm³/mol. The molecule has 4 heteroatoms. The van der Waals surface area contributed by atoms with Crippen LogP contribution in [0.1, 0.15) is 25.7 Å². The Bertz CT molecular complexity index is 186. The van der Waals surface area contributed by atoms with Gasteiger partial charge in [0.2, 0.25) is 0 Å². The number of hydrogen-bond acceptors (Lipinski definition) is 2. The van der Waals surface area contributed by atoms with Crippen LogP contribution in [0.25, 0.3) is 0 Å². The molecule has 1 rings (SSSR count). The van der Waals surface area contributed by atoms with Crippen LogP contribution in [0.3, 0.4) is 0 Å². The van der Waals surface area contributed by atoms with Gasteiger partial charge in [-0.25, -0.2) is 4.39 Å². The van der Waals surface area contributed by atoms with Gasteiger partial charge in [-0.15, -0.1) is 0 Å². The fraction of sp³-hybridized carbons (Fsp3) is 0.889. The number of carbonyl (C=O) groups excluding carboxylic acids is 1. The van der Waals surface area contributed by atoms with Crippen molar-refractivity contribution in [2.45, 2.75) is 36.7 Å². The van der Waals surface area contributed by atoms with Crippen molar-refractivity contribution in [3.8, 4) is 0 Å². The lowest BCUT2D eigenvalue weighted by molar-refractivity contribution is -0.142. The Labute approximate surface area is 86.0 Å². The first kappa shape index (κ1) is 11.0. The van der Waals surface area contributed by atoms with Crippen molar-refractivity contribution in [2.24, 2.45) is 5.92 Å². The van der Waals surface area contributed by atoms with Gasteiger partial charge in [0.25, 0.3) is 0 Å². The highest BCUT2D eigenvalue weighted by molar-refractivity contribution is 9.09. The van der Waals surface area contributed by atoms with E-state index in [-0.39, 0.29) is 16.7 Å². The van der Waals surface area contributed by atoms with Crippen molar-refractivity contribution < 1.29 is 13.9 Å². The maximum Gasteiger partial charge on any atom is 0.305 e. The fourth-order valence-corrected chi connectivity index (χ4v) is 2.46. The molecule has 76 valence electrons. The second-order valence-corrected chi connectivity index (χ2v) is 4.67. The Hall–Kier alpha value is -0.120. The van der Waals surface area contributed by atoms with Crippen LogP contribution in [0, 0.1) is 5.92 Å². The van der Waals surface area contributed by atoms with E-state index < -0.39 is 6.17 Å². The first-order valence-corrected chi connectivity index (χ1v) is 5.40. The standard InChI is InChI=1S/C9H14BrFO2/c1-13-9(12)5-6-2-3-8(11)7(10)4-6/h6-8H,2-5H2,1H3. The summed E-state index contributed by atoms with van der Waals surface area (Å²) in [6, 6.07) is 0. The van der Waals surface area contributed by atoms with E-state index in [0.29, 0.717) is 12.8 Å². The largest absolute Gasteiger partial charge is 0.469 e. The Kier molecular flexibility index (Phi) is 4.16. The Morgan fingerprint density at radius 3 is 2.85 bits per heavy atom. The van der Waals surface area contributed by atoms with E-state index in [1.165, 1.54) is 7.11 Å². The number of halogens is 2. The van der Waals surface area contributed by atoms with Crippen molar-refractivity contribution in [2.75, 3.05) is 7.11 Å². The number of hydrogen-bond donors (Lipinski definition) is 0. The molecule has 0 aromatic heterocycles. The molecule has 13 heavy (non-hydrogen) atoms. The summed E-state index contributed by atoms with van der Waals surface area (Å²) in [7, 11) is 1.38. The minimum Gasteiger partial charge on any atom is -0.469 e. The highest BCUT2D eigenvalue weighted by Crippen LogP contribution is 2.33. The molecule has 1 aliphatic carbocycles. The van der Waals surface area contributed by atoms with Gasteiger partial charge in [-0.2, -0.15) is 0 Å². The highest BCUT2D eigenvalue weighted by Gasteiger charge is 2.29. The van der Waals surface area contributed by atoms with E-state index in [1.54, 1.807) is 0 Å². The van der Waals surface area contributed by atoms with Crippen molar-refractivity contribution >= 4 is 21.9 Å². The summed E-state index contributed by atoms with van der Waals surface area (Å²) in [5, 5.41) is 0. The van der Waals surface area contributed by atoms with Crippen LogP contribution in [0.5, 0.6) is 0 Å². The molecule has 1 aliphatic rings. The Balaban J connectivity index is 2.33. The lowest BCUT2D eigenvalue weighted by Gasteiger charge is -2.27. The monoisotopic (exact) mass is 252 g/mol. The van der Waals surface area contributed by atoms with Crippen LogP contribution in [-0.4, -0.2) is 24.1 Å². The third-order valence-corrected chi connectivity index (χ3v) is 3.43. The molecule has 0 amide bonds. The second-order valence-electron chi connectivity index (χ2n) is 3.49. The molecule has 0 saturated heterocycles. The average Bonchev–Trinajstić information content (AvgIpc) is 2.11. The lowest BCUT2D eigenvalue weighted by atomic mass is 9.86. The Morgan fingerprint density at radius 2 is 2.31 bits per heavy atom. The molecular weight excluding hydrogens is 239 g/mol. The van der Waals surface area contributed by atoms with Gasteiger partial charge >= 0.3 is 5.97 Å². The third kappa shape index (κ3) is 3.25. The zero-order valence-corrected chi connectivity index (χ0v) is 9.22. The third-order valence-electron chi connectivity index (χ3n) is 2.48. The van der Waals surface area contributed by atoms with Gasteiger partial charge in [0, 0.05) is 11.2 Å². The SMILES string of the molecule is COC(=O)CC1CCC(F)C(Br)C1. The van der Waals surface area contributed by atoms with Crippen molar-refractivity contribution in [3.05, 3.63) is 0 Å². The molecule has 1 saturated carbocycles. The van der Waals surface area contributed by atoms with Crippen LogP contribution in [-0.2, 0) is 9.53 Å². The topological polar surface area (TPSA) is 26.3 Å². The smallest absolute Gasteiger partial charge is 0.305 e. The molecule has 3 unspecified atom stereocenters. The van der Waals surface area contributed by atoms with Gasteiger partial charge in [-0.3, -0.25) is 4.79 Å². The van der Waals surface area contributed by atoms with Crippen LogP contribution in [0.15, 0.2) is 0 Å². The van der Waals surface area contributed by atoms with Gasteiger partial charge in [0.1, 0.15) is 6.17 Å². The van der Waals surface area contributed by atoms with E-state index in [1.807, 2.05) is 0 Å². The molecule has 0 N–H and O–H groups in total. The van der Waals surface area contributed by atoms with Gasteiger partial charge < -0.3 is 4.74 Å². The van der Waals surface area contributed by atoms with E-state index in [2.05, 4.69) is 20.7 Å². The first-order chi connectivity index (χ1) is 6.13. The van der Waals surface area contributed by atoms with Crippen LogP contribution in [0.4, 0.5) is 4.39 Å². The van der Waals surface area contributed by atoms with Crippen molar-refractivity contribution in [1.29, 1.82) is 0 Å². The molecule has 2 nitrogen and oxygen atoms in total. The van der Waals surface area contributed by atoms with Crippen LogP contribution in [0.2, 0.25) is 0 Å². The van der Waals surface area contributed by atoms with Crippen molar-refractivity contribution in [1.82, 2.24) is 0 Å². The van der Waals surface area contributed by atoms with Crippen LogP contribution >= 0.6 is 15.9 Å². The zero-order chi connectivity index (χ0) is 9.84. The summed E-state index contributed by atoms with van der Waals surface area (Å²) in [6.07, 6.45) is 1.74. The second kappa shape index (κ2) is 4.94. The number of carbonyl (C=O) groups is 1. The van der Waals surface area contributed by atoms with E-state index in [4.69, 9.17) is 0 Å². The number of rotatable bonds is 2. The summed E-state index contributed by atoms with van der Waals surface area (Å²) in [5.41, 5.74) is 0. The summed E-state index contributed by atoms with van der Waals surface area (Å²) in [6.45, 7) is 0. The summed E-state index contributed by atoms with van der Waals surface area (Å²) in [5.74, 6) is 0.0887. The number of esters is 1. The molecule has 0 radical (unpaired) electrons. The van der Waals surface area contributed by atoms with Gasteiger partial charge in [-0.05, 0) is 25.2 Å². The summed E-state index contributed by atoms with van der Waals surface area (Å²) < 4.78 is 17.6. The Morgan fingerprint density at radius 1 is 1.62 bits per heavy atom. The quantitative estimate of drug-likeness (QED) is 0.558. The molecule has 0 bridgehead atoms. The van der Waals surface area contributed by atoms with E-state index in [0.717, 1.165) is 12.8 Å². The minimum absolute atomic E-state index is 0.0871. The lowest BCUT2D eigenvalue weighted by Crippen LogP contribution is -2.27. The predicted octanol–water partition coefficient (Wildman–Crippen LogP) is 2.45. The van der Waals surface area contributed by atoms with Crippen LogP contribution < -0.4 is 0 Å². The van der Waals surface area contributed by atoms with Gasteiger partial charge in [0.05, 0.1) is 7.11 Å². The maximum absolute atomic E-state index is 13.0. The first-order valence-electron chi connectivity index (χ1n) is 4.48. The number of alkyl halides is 2. The van der Waals surface area contributed by atoms with Gasteiger partial charge in [-0.1, -0.05) is 15.9 Å². The molecule has 3 atom stereocenters. The zero-order valence-electron chi connectivity index (χ0n) is 7.63. The fourth-order valence-electron chi connectivity index (χ4n) is 1.66. The van der Waals surface area contributed by atoms with Crippen molar-refractivity contribution in [3.63, 3.8) is 0 Å². The average molecular weight is 253 g/mol. The van der Waals surface area contributed by atoms with E-state index >= 15 is 0 Å². The molecule has 1 fully saturated rings. The molecule has 0 spiro atoms. The molecule has 0 heterocycles. The molecule has 0 aromatic carbocycles. The molecule has 0 aliphatic heterocycles. The normalized spacial score (nSPS) is 34.2. The summed E-state index contributed by atoms with van der Waals surface area (Å²) in [4.78, 5) is 10.8. The minimum atomic E-state index is -0.756. The van der Waals surface area contributed by atoms with Gasteiger partial charge in [0.15, 0.2) is 0 Å². The number of methoxy groups -OCH3 is 1. The summed E-state index contributed by atoms with van der Waals surface area (Å²) >= 11 is 3.28. The maximum atomic E-state index is 13.0. The number of ether oxygens (including phenoxy) is 1. The van der Waals surface area contributed by atoms with E-state index in [9.17, 15) is 9.18 Å². The molecular formula is C9H14BrFO2. The highest BCUT2D eigenvalue weighted by atomic mass is 79.9.